The van der Waals surface area contributed by atoms with Gasteiger partial charge in [-0.2, -0.15) is 0 Å². The number of thiophene rings is 1. The van der Waals surface area contributed by atoms with E-state index in [4.69, 9.17) is 0 Å². The second kappa shape index (κ2) is 4.54. The Kier molecular flexibility index (Phi) is 3.11. The van der Waals surface area contributed by atoms with Gasteiger partial charge in [-0.05, 0) is 54.1 Å². The third-order valence-electron chi connectivity index (χ3n) is 2.77. The fraction of sp³-hybridized carbons (Fsp3) is 0.143. The largest absolute Gasteiger partial charge is 0.508 e. The smallest absolute Gasteiger partial charge is 0.118 e. The lowest BCUT2D eigenvalue weighted by Gasteiger charge is -2.06. The van der Waals surface area contributed by atoms with E-state index in [2.05, 4.69) is 23.6 Å². The first kappa shape index (κ1) is 11.0. The summed E-state index contributed by atoms with van der Waals surface area (Å²) in [7, 11) is 0. The summed E-state index contributed by atoms with van der Waals surface area (Å²) in [6, 6.07) is 7.82. The Bertz CT molecular complexity index is 510. The van der Waals surface area contributed by atoms with Gasteiger partial charge in [-0.25, -0.2) is 0 Å². The minimum absolute atomic E-state index is 0.366. The molecule has 0 radical (unpaired) electrons. The molecule has 0 fully saturated rings. The minimum atomic E-state index is 0.366. The Labute approximate surface area is 99.7 Å². The van der Waals surface area contributed by atoms with E-state index in [1.165, 1.54) is 4.88 Å². The molecule has 0 aliphatic heterocycles. The van der Waals surface area contributed by atoms with Crippen molar-refractivity contribution in [1.29, 1.82) is 0 Å². The SMILES string of the molecule is Cc1c(O)ccc(/C=C/c2cccs2)c1C. The molecule has 16 heavy (non-hydrogen) atoms. The minimum Gasteiger partial charge on any atom is -0.508 e. The van der Waals surface area contributed by atoms with Crippen LogP contribution in [0.2, 0.25) is 0 Å². The summed E-state index contributed by atoms with van der Waals surface area (Å²) < 4.78 is 0. The van der Waals surface area contributed by atoms with E-state index < -0.39 is 0 Å². The molecule has 2 rings (SSSR count). The Balaban J connectivity index is 2.32. The molecule has 0 saturated heterocycles. The lowest BCUT2D eigenvalue weighted by Crippen LogP contribution is -1.86. The van der Waals surface area contributed by atoms with E-state index in [-0.39, 0.29) is 0 Å². The molecule has 1 N–H and O–H groups in total. The van der Waals surface area contributed by atoms with Crippen LogP contribution in [-0.4, -0.2) is 5.11 Å². The van der Waals surface area contributed by atoms with Crippen LogP contribution in [0.5, 0.6) is 5.75 Å². The molecule has 0 aliphatic carbocycles. The number of hydrogen-bond acceptors (Lipinski definition) is 2. The van der Waals surface area contributed by atoms with Crippen molar-refractivity contribution < 1.29 is 5.11 Å². The summed E-state index contributed by atoms with van der Waals surface area (Å²) >= 11 is 1.72. The van der Waals surface area contributed by atoms with Crippen LogP contribution < -0.4 is 0 Å². The number of phenolic OH excluding ortho intramolecular Hbond substituents is 1. The summed E-state index contributed by atoms with van der Waals surface area (Å²) in [6.07, 6.45) is 4.19. The number of rotatable bonds is 2. The van der Waals surface area contributed by atoms with Crippen LogP contribution in [0.25, 0.3) is 12.2 Å². The van der Waals surface area contributed by atoms with Crippen LogP contribution >= 0.6 is 11.3 Å². The van der Waals surface area contributed by atoms with Crippen LogP contribution in [0, 0.1) is 13.8 Å². The van der Waals surface area contributed by atoms with E-state index in [0.29, 0.717) is 5.75 Å². The van der Waals surface area contributed by atoms with Crippen LogP contribution in [0.3, 0.4) is 0 Å². The van der Waals surface area contributed by atoms with Crippen LogP contribution in [0.1, 0.15) is 21.6 Å². The Hall–Kier alpha value is -1.54. The normalized spacial score (nSPS) is 11.1. The van der Waals surface area contributed by atoms with Gasteiger partial charge in [0.25, 0.3) is 0 Å². The van der Waals surface area contributed by atoms with Gasteiger partial charge in [0.15, 0.2) is 0 Å². The van der Waals surface area contributed by atoms with Crippen molar-refractivity contribution in [3.8, 4) is 5.75 Å². The topological polar surface area (TPSA) is 20.2 Å². The zero-order valence-electron chi connectivity index (χ0n) is 9.40. The van der Waals surface area contributed by atoms with Gasteiger partial charge in [-0.1, -0.05) is 18.2 Å². The molecule has 1 aromatic carbocycles. The van der Waals surface area contributed by atoms with E-state index in [1.54, 1.807) is 17.4 Å². The number of hydrogen-bond donors (Lipinski definition) is 1. The average molecular weight is 230 g/mol. The lowest BCUT2D eigenvalue weighted by molar-refractivity contribution is 0.470. The summed E-state index contributed by atoms with van der Waals surface area (Å²) in [5.74, 6) is 0.366. The lowest BCUT2D eigenvalue weighted by atomic mass is 10.0. The molecule has 2 aromatic rings. The molecule has 1 heterocycles. The highest BCUT2D eigenvalue weighted by molar-refractivity contribution is 7.10. The highest BCUT2D eigenvalue weighted by Gasteiger charge is 2.02. The molecule has 2 heteroatoms. The molecule has 0 aliphatic rings. The molecular weight excluding hydrogens is 216 g/mol. The van der Waals surface area contributed by atoms with Gasteiger partial charge in [0.1, 0.15) is 5.75 Å². The highest BCUT2D eigenvalue weighted by Crippen LogP contribution is 2.24. The van der Waals surface area contributed by atoms with Gasteiger partial charge in [0.05, 0.1) is 0 Å². The molecule has 0 atom stereocenters. The molecule has 1 nitrogen and oxygen atoms in total. The maximum absolute atomic E-state index is 9.55. The first-order valence-electron chi connectivity index (χ1n) is 5.19. The summed E-state index contributed by atoms with van der Waals surface area (Å²) in [5, 5.41) is 11.6. The Morgan fingerprint density at radius 1 is 1.06 bits per heavy atom. The first-order chi connectivity index (χ1) is 7.68. The van der Waals surface area contributed by atoms with Crippen molar-refractivity contribution in [2.75, 3.05) is 0 Å². The number of benzene rings is 1. The third kappa shape index (κ3) is 2.17. The summed E-state index contributed by atoms with van der Waals surface area (Å²) in [5.41, 5.74) is 3.24. The van der Waals surface area contributed by atoms with Gasteiger partial charge < -0.3 is 5.11 Å². The van der Waals surface area contributed by atoms with E-state index in [1.807, 2.05) is 26.0 Å². The van der Waals surface area contributed by atoms with Gasteiger partial charge in [0.2, 0.25) is 0 Å². The Morgan fingerprint density at radius 3 is 2.56 bits per heavy atom. The molecule has 1 aromatic heterocycles. The van der Waals surface area contributed by atoms with Gasteiger partial charge >= 0.3 is 0 Å². The van der Waals surface area contributed by atoms with Crippen LogP contribution in [0.4, 0.5) is 0 Å². The van der Waals surface area contributed by atoms with Crippen molar-refractivity contribution >= 4 is 23.5 Å². The van der Waals surface area contributed by atoms with Gasteiger partial charge in [0, 0.05) is 4.88 Å². The monoisotopic (exact) mass is 230 g/mol. The molecular formula is C14H14OS. The summed E-state index contributed by atoms with van der Waals surface area (Å²) in [6.45, 7) is 3.97. The predicted octanol–water partition coefficient (Wildman–Crippen LogP) is 4.24. The summed E-state index contributed by atoms with van der Waals surface area (Å²) in [4.78, 5) is 1.24. The Morgan fingerprint density at radius 2 is 1.88 bits per heavy atom. The van der Waals surface area contributed by atoms with Crippen molar-refractivity contribution in [1.82, 2.24) is 0 Å². The molecule has 0 saturated carbocycles. The zero-order chi connectivity index (χ0) is 11.5. The quantitative estimate of drug-likeness (QED) is 0.818. The molecule has 0 amide bonds. The average Bonchev–Trinajstić information content (AvgIpc) is 2.78. The first-order valence-corrected chi connectivity index (χ1v) is 6.07. The van der Waals surface area contributed by atoms with Crippen molar-refractivity contribution in [2.45, 2.75) is 13.8 Å². The standard InChI is InChI=1S/C14H14OS/c1-10-11(2)14(15)8-6-12(10)5-7-13-4-3-9-16-13/h3-9,15H,1-2H3/b7-5+. The van der Waals surface area contributed by atoms with Crippen molar-refractivity contribution in [3.05, 3.63) is 51.2 Å². The third-order valence-corrected chi connectivity index (χ3v) is 3.61. The van der Waals surface area contributed by atoms with Crippen LogP contribution in [-0.2, 0) is 0 Å². The molecule has 82 valence electrons. The fourth-order valence-electron chi connectivity index (χ4n) is 1.57. The second-order valence-electron chi connectivity index (χ2n) is 3.77. The van der Waals surface area contributed by atoms with E-state index in [0.717, 1.165) is 16.7 Å². The van der Waals surface area contributed by atoms with Crippen molar-refractivity contribution in [2.24, 2.45) is 0 Å². The van der Waals surface area contributed by atoms with E-state index in [9.17, 15) is 5.11 Å². The molecule has 0 spiro atoms. The van der Waals surface area contributed by atoms with E-state index >= 15 is 0 Å². The molecule has 0 unspecified atom stereocenters. The number of aromatic hydroxyl groups is 1. The molecule has 0 bridgehead atoms. The zero-order valence-corrected chi connectivity index (χ0v) is 10.2. The van der Waals surface area contributed by atoms with Gasteiger partial charge in [-0.15, -0.1) is 11.3 Å². The predicted molar refractivity (Wildman–Crippen MR) is 70.8 cm³/mol. The maximum atomic E-state index is 9.55. The number of phenols is 1. The second-order valence-corrected chi connectivity index (χ2v) is 4.75. The maximum Gasteiger partial charge on any atom is 0.118 e. The fourth-order valence-corrected chi connectivity index (χ4v) is 2.18. The van der Waals surface area contributed by atoms with Crippen molar-refractivity contribution in [3.63, 3.8) is 0 Å². The highest BCUT2D eigenvalue weighted by atomic mass is 32.1. The van der Waals surface area contributed by atoms with Gasteiger partial charge in [-0.3, -0.25) is 0 Å². The van der Waals surface area contributed by atoms with Crippen LogP contribution in [0.15, 0.2) is 29.6 Å².